The van der Waals surface area contributed by atoms with Crippen molar-refractivity contribution in [3.63, 3.8) is 0 Å². The van der Waals surface area contributed by atoms with E-state index in [4.69, 9.17) is 16.3 Å². The number of benzene rings is 2. The predicted molar refractivity (Wildman–Crippen MR) is 98.9 cm³/mol. The molecular formula is C19H18ClN3O2. The van der Waals surface area contributed by atoms with E-state index in [-0.39, 0.29) is 5.91 Å². The monoisotopic (exact) mass is 355 g/mol. The number of nitrogens with one attached hydrogen (secondary N) is 1. The van der Waals surface area contributed by atoms with Crippen molar-refractivity contribution in [3.05, 3.63) is 71.0 Å². The zero-order valence-electron chi connectivity index (χ0n) is 14.0. The molecule has 0 spiro atoms. The second-order valence-electron chi connectivity index (χ2n) is 5.44. The molecule has 1 heterocycles. The molecular weight excluding hydrogens is 338 g/mol. The number of carbonyl (C=O) groups excluding carboxylic acids is 1. The molecule has 1 aromatic heterocycles. The Hall–Kier alpha value is -2.79. The van der Waals surface area contributed by atoms with E-state index in [0.29, 0.717) is 28.4 Å². The zero-order valence-corrected chi connectivity index (χ0v) is 14.7. The minimum absolute atomic E-state index is 0.210. The van der Waals surface area contributed by atoms with Gasteiger partial charge in [-0.2, -0.15) is 5.10 Å². The highest BCUT2D eigenvalue weighted by Crippen LogP contribution is 2.21. The Morgan fingerprint density at radius 3 is 2.76 bits per heavy atom. The predicted octanol–water partition coefficient (Wildman–Crippen LogP) is 4.35. The number of hydrogen-bond donors (Lipinski definition) is 1. The van der Waals surface area contributed by atoms with Crippen LogP contribution in [0.5, 0.6) is 5.75 Å². The van der Waals surface area contributed by atoms with E-state index >= 15 is 0 Å². The average Bonchev–Trinajstić information content (AvgIpc) is 3.06. The fraction of sp³-hybridized carbons (Fsp3) is 0.158. The highest BCUT2D eigenvalue weighted by atomic mass is 35.5. The Morgan fingerprint density at radius 1 is 1.24 bits per heavy atom. The van der Waals surface area contributed by atoms with Gasteiger partial charge in [-0.1, -0.05) is 30.7 Å². The summed E-state index contributed by atoms with van der Waals surface area (Å²) in [5, 5.41) is 7.88. The van der Waals surface area contributed by atoms with Gasteiger partial charge in [-0.15, -0.1) is 0 Å². The molecule has 3 aromatic rings. The van der Waals surface area contributed by atoms with Crippen molar-refractivity contribution < 1.29 is 9.53 Å². The lowest BCUT2D eigenvalue weighted by Gasteiger charge is -2.09. The topological polar surface area (TPSA) is 56.1 Å². The lowest BCUT2D eigenvalue weighted by atomic mass is 10.1. The summed E-state index contributed by atoms with van der Waals surface area (Å²) in [6.45, 7) is 1.99. The smallest absolute Gasteiger partial charge is 0.259 e. The molecule has 1 amide bonds. The Kier molecular flexibility index (Phi) is 5.05. The molecule has 2 aromatic carbocycles. The van der Waals surface area contributed by atoms with E-state index in [1.54, 1.807) is 30.1 Å². The second-order valence-corrected chi connectivity index (χ2v) is 5.87. The lowest BCUT2D eigenvalue weighted by Crippen LogP contribution is -2.14. The summed E-state index contributed by atoms with van der Waals surface area (Å²) in [6, 6.07) is 14.6. The molecule has 0 aliphatic rings. The van der Waals surface area contributed by atoms with Crippen molar-refractivity contribution in [2.75, 3.05) is 12.4 Å². The van der Waals surface area contributed by atoms with Gasteiger partial charge >= 0.3 is 0 Å². The first kappa shape index (κ1) is 17.0. The fourth-order valence-corrected chi connectivity index (χ4v) is 2.82. The van der Waals surface area contributed by atoms with Gasteiger partial charge in [0.2, 0.25) is 0 Å². The highest BCUT2D eigenvalue weighted by molar-refractivity contribution is 6.30. The highest BCUT2D eigenvalue weighted by Gasteiger charge is 2.17. The number of ether oxygens (including phenoxy) is 1. The van der Waals surface area contributed by atoms with Gasteiger partial charge in [0, 0.05) is 16.8 Å². The van der Waals surface area contributed by atoms with E-state index < -0.39 is 0 Å². The summed E-state index contributed by atoms with van der Waals surface area (Å²) in [6.07, 6.45) is 2.24. The summed E-state index contributed by atoms with van der Waals surface area (Å²) >= 11 is 6.06. The molecule has 0 saturated heterocycles. The molecule has 0 saturated carbocycles. The first-order chi connectivity index (χ1) is 12.1. The minimum atomic E-state index is -0.210. The summed E-state index contributed by atoms with van der Waals surface area (Å²) in [5.74, 6) is 0.474. The van der Waals surface area contributed by atoms with Gasteiger partial charge in [0.05, 0.1) is 30.3 Å². The number of halogens is 1. The maximum atomic E-state index is 12.7. The normalized spacial score (nSPS) is 10.5. The number of amides is 1. The van der Waals surface area contributed by atoms with Crippen LogP contribution < -0.4 is 10.1 Å². The van der Waals surface area contributed by atoms with E-state index in [2.05, 4.69) is 10.4 Å². The van der Waals surface area contributed by atoms with Crippen molar-refractivity contribution in [3.8, 4) is 11.4 Å². The Morgan fingerprint density at radius 2 is 2.04 bits per heavy atom. The summed E-state index contributed by atoms with van der Waals surface area (Å²) in [7, 11) is 1.59. The van der Waals surface area contributed by atoms with Gasteiger partial charge < -0.3 is 10.1 Å². The molecule has 1 N–H and O–H groups in total. The molecule has 6 heteroatoms. The second kappa shape index (κ2) is 7.40. The van der Waals surface area contributed by atoms with Gasteiger partial charge in [0.1, 0.15) is 5.75 Å². The minimum Gasteiger partial charge on any atom is -0.497 e. The molecule has 25 heavy (non-hydrogen) atoms. The van der Waals surface area contributed by atoms with Crippen LogP contribution in [0.25, 0.3) is 5.69 Å². The van der Waals surface area contributed by atoms with Crippen LogP contribution in [-0.4, -0.2) is 22.8 Å². The van der Waals surface area contributed by atoms with E-state index in [1.165, 1.54) is 0 Å². The van der Waals surface area contributed by atoms with Crippen LogP contribution in [0.3, 0.4) is 0 Å². The Bertz CT molecular complexity index is 905. The van der Waals surface area contributed by atoms with Crippen molar-refractivity contribution in [2.24, 2.45) is 0 Å². The number of aromatic nitrogens is 2. The van der Waals surface area contributed by atoms with Crippen molar-refractivity contribution in [2.45, 2.75) is 13.3 Å². The first-order valence-corrected chi connectivity index (χ1v) is 8.28. The van der Waals surface area contributed by atoms with Crippen LogP contribution in [0.4, 0.5) is 5.69 Å². The van der Waals surface area contributed by atoms with Crippen LogP contribution >= 0.6 is 11.6 Å². The van der Waals surface area contributed by atoms with Gasteiger partial charge in [-0.3, -0.25) is 4.79 Å². The number of rotatable bonds is 5. The van der Waals surface area contributed by atoms with Gasteiger partial charge in [-0.05, 0) is 36.8 Å². The third-order valence-electron chi connectivity index (χ3n) is 3.83. The van der Waals surface area contributed by atoms with Crippen LogP contribution in [0, 0.1) is 0 Å². The van der Waals surface area contributed by atoms with Crippen LogP contribution in [0.15, 0.2) is 54.7 Å². The molecule has 3 rings (SSSR count). The molecule has 5 nitrogen and oxygen atoms in total. The average molecular weight is 356 g/mol. The van der Waals surface area contributed by atoms with Crippen LogP contribution in [-0.2, 0) is 6.42 Å². The Labute approximate surface area is 151 Å². The van der Waals surface area contributed by atoms with Gasteiger partial charge in [0.25, 0.3) is 5.91 Å². The number of nitrogens with zero attached hydrogens (tertiary/aromatic N) is 2. The SMILES string of the molecule is CCc1c(C(=O)Nc2cccc(OC)c2)cnn1-c1cccc(Cl)c1. The Balaban J connectivity index is 1.90. The molecule has 128 valence electrons. The van der Waals surface area contributed by atoms with E-state index in [0.717, 1.165) is 11.4 Å². The number of carbonyl (C=O) groups is 1. The van der Waals surface area contributed by atoms with Gasteiger partial charge in [-0.25, -0.2) is 4.68 Å². The van der Waals surface area contributed by atoms with Crippen molar-refractivity contribution in [1.29, 1.82) is 0 Å². The number of anilines is 1. The molecule has 0 fully saturated rings. The third-order valence-corrected chi connectivity index (χ3v) is 4.06. The van der Waals surface area contributed by atoms with E-state index in [9.17, 15) is 4.79 Å². The number of hydrogen-bond acceptors (Lipinski definition) is 3. The maximum Gasteiger partial charge on any atom is 0.259 e. The molecule has 0 radical (unpaired) electrons. The van der Waals surface area contributed by atoms with Crippen molar-refractivity contribution in [1.82, 2.24) is 9.78 Å². The van der Waals surface area contributed by atoms with Crippen molar-refractivity contribution >= 4 is 23.2 Å². The van der Waals surface area contributed by atoms with E-state index in [1.807, 2.05) is 43.3 Å². The lowest BCUT2D eigenvalue weighted by molar-refractivity contribution is 0.102. The summed E-state index contributed by atoms with van der Waals surface area (Å²) in [4.78, 5) is 12.7. The fourth-order valence-electron chi connectivity index (χ4n) is 2.63. The molecule has 0 bridgehead atoms. The zero-order chi connectivity index (χ0) is 17.8. The number of methoxy groups -OCH3 is 1. The quantitative estimate of drug-likeness (QED) is 0.740. The summed E-state index contributed by atoms with van der Waals surface area (Å²) in [5.41, 5.74) is 2.85. The first-order valence-electron chi connectivity index (χ1n) is 7.90. The molecule has 0 atom stereocenters. The third kappa shape index (κ3) is 3.67. The molecule has 0 unspecified atom stereocenters. The summed E-state index contributed by atoms with van der Waals surface area (Å²) < 4.78 is 6.92. The standard InChI is InChI=1S/C19H18ClN3O2/c1-3-18-17(12-21-23(18)15-8-4-6-13(20)10-15)19(24)22-14-7-5-9-16(11-14)25-2/h4-12H,3H2,1-2H3,(H,22,24). The molecule has 0 aliphatic heterocycles. The van der Waals surface area contributed by atoms with Crippen LogP contribution in [0.2, 0.25) is 5.02 Å². The van der Waals surface area contributed by atoms with Gasteiger partial charge in [0.15, 0.2) is 0 Å². The molecule has 0 aliphatic carbocycles. The van der Waals surface area contributed by atoms with Crippen LogP contribution in [0.1, 0.15) is 23.0 Å². The maximum absolute atomic E-state index is 12.7. The largest absolute Gasteiger partial charge is 0.497 e.